The molecule has 1 N–H and O–H groups in total. The highest BCUT2D eigenvalue weighted by molar-refractivity contribution is 5.82. The average Bonchev–Trinajstić information content (AvgIpc) is 2.25. The maximum Gasteiger partial charge on any atom is 0.471 e. The summed E-state index contributed by atoms with van der Waals surface area (Å²) < 4.78 is 49.4. The van der Waals surface area contributed by atoms with Crippen molar-refractivity contribution in [3.63, 3.8) is 0 Å². The molecule has 0 fully saturated rings. The van der Waals surface area contributed by atoms with Crippen molar-refractivity contribution in [2.45, 2.75) is 12.2 Å². The quantitative estimate of drug-likeness (QED) is 0.645. The third kappa shape index (κ3) is 3.30. The lowest BCUT2D eigenvalue weighted by Gasteiger charge is -2.16. The lowest BCUT2D eigenvalue weighted by atomic mass is 10.1. The highest BCUT2D eigenvalue weighted by Gasteiger charge is 2.39. The molecule has 92 valence electrons. The second kappa shape index (κ2) is 4.99. The van der Waals surface area contributed by atoms with E-state index in [1.54, 1.807) is 5.32 Å². The Hall–Kier alpha value is -1.85. The highest BCUT2D eigenvalue weighted by Crippen LogP contribution is 2.21. The lowest BCUT2D eigenvalue weighted by Crippen LogP contribution is -2.38. The number of halogens is 4. The Labute approximate surface area is 94.9 Å². The van der Waals surface area contributed by atoms with E-state index < -0.39 is 23.9 Å². The molecule has 1 aromatic rings. The Morgan fingerprint density at radius 1 is 1.35 bits per heavy atom. The highest BCUT2D eigenvalue weighted by atomic mass is 19.4. The molecule has 1 amide bonds. The first-order valence-corrected chi connectivity index (χ1v) is 4.61. The van der Waals surface area contributed by atoms with Crippen LogP contribution in [-0.4, -0.2) is 12.1 Å². The molecule has 0 bridgehead atoms. The predicted octanol–water partition coefficient (Wildman–Crippen LogP) is 2.73. The van der Waals surface area contributed by atoms with Gasteiger partial charge in [-0.25, -0.2) is 4.39 Å². The van der Waals surface area contributed by atoms with E-state index in [4.69, 9.17) is 0 Å². The standard InChI is InChI=1S/C11H9F4NO/c1-2-9(16-10(17)11(13,14)15)7-5-3-4-6-8(7)12/h2-6,9H,1H2,(H,16,17)/t9-/m0/s1. The second-order valence-electron chi connectivity index (χ2n) is 3.21. The fourth-order valence-electron chi connectivity index (χ4n) is 1.21. The minimum Gasteiger partial charge on any atom is -0.338 e. The molecular weight excluding hydrogens is 238 g/mol. The van der Waals surface area contributed by atoms with Crippen LogP contribution in [0, 0.1) is 5.82 Å². The van der Waals surface area contributed by atoms with Crippen LogP contribution in [0.3, 0.4) is 0 Å². The molecule has 0 aliphatic carbocycles. The zero-order chi connectivity index (χ0) is 13.1. The van der Waals surface area contributed by atoms with E-state index in [-0.39, 0.29) is 5.56 Å². The van der Waals surface area contributed by atoms with Crippen LogP contribution in [0.4, 0.5) is 17.6 Å². The van der Waals surface area contributed by atoms with Crippen molar-refractivity contribution >= 4 is 5.91 Å². The average molecular weight is 247 g/mol. The van der Waals surface area contributed by atoms with E-state index in [1.165, 1.54) is 18.2 Å². The molecular formula is C11H9F4NO. The number of carbonyl (C=O) groups excluding carboxylic acids is 1. The largest absolute Gasteiger partial charge is 0.471 e. The van der Waals surface area contributed by atoms with Gasteiger partial charge in [0, 0.05) is 5.56 Å². The van der Waals surface area contributed by atoms with E-state index in [0.29, 0.717) is 0 Å². The number of carbonyl (C=O) groups is 1. The maximum absolute atomic E-state index is 13.3. The minimum atomic E-state index is -5.01. The van der Waals surface area contributed by atoms with Gasteiger partial charge in [-0.3, -0.25) is 4.79 Å². The molecule has 0 aliphatic rings. The van der Waals surface area contributed by atoms with Crippen molar-refractivity contribution in [2.24, 2.45) is 0 Å². The molecule has 1 atom stereocenters. The van der Waals surface area contributed by atoms with Gasteiger partial charge in [0.1, 0.15) is 5.82 Å². The molecule has 17 heavy (non-hydrogen) atoms. The molecule has 1 aromatic carbocycles. The predicted molar refractivity (Wildman–Crippen MR) is 53.5 cm³/mol. The molecule has 0 heterocycles. The fraction of sp³-hybridized carbons (Fsp3) is 0.182. The van der Waals surface area contributed by atoms with E-state index in [0.717, 1.165) is 12.1 Å². The number of rotatable bonds is 3. The monoisotopic (exact) mass is 247 g/mol. The Bertz CT molecular complexity index is 428. The normalized spacial score (nSPS) is 12.9. The van der Waals surface area contributed by atoms with Gasteiger partial charge in [0.25, 0.3) is 0 Å². The van der Waals surface area contributed by atoms with Crippen molar-refractivity contribution in [3.05, 3.63) is 48.3 Å². The molecule has 6 heteroatoms. The van der Waals surface area contributed by atoms with E-state index in [9.17, 15) is 22.4 Å². The van der Waals surface area contributed by atoms with Crippen LogP contribution in [0.2, 0.25) is 0 Å². The van der Waals surface area contributed by atoms with Gasteiger partial charge in [0.2, 0.25) is 0 Å². The fourth-order valence-corrected chi connectivity index (χ4v) is 1.21. The van der Waals surface area contributed by atoms with Gasteiger partial charge >= 0.3 is 12.1 Å². The van der Waals surface area contributed by atoms with Crippen molar-refractivity contribution in [3.8, 4) is 0 Å². The van der Waals surface area contributed by atoms with E-state index in [1.807, 2.05) is 0 Å². The van der Waals surface area contributed by atoms with Crippen LogP contribution in [0.1, 0.15) is 11.6 Å². The molecule has 0 saturated carbocycles. The van der Waals surface area contributed by atoms with Crippen LogP contribution in [-0.2, 0) is 4.79 Å². The van der Waals surface area contributed by atoms with Crippen LogP contribution in [0.25, 0.3) is 0 Å². The van der Waals surface area contributed by atoms with Gasteiger partial charge in [-0.1, -0.05) is 24.3 Å². The molecule has 0 aliphatic heterocycles. The van der Waals surface area contributed by atoms with Crippen LogP contribution in [0.5, 0.6) is 0 Å². The SMILES string of the molecule is C=C[C@H](NC(=O)C(F)(F)F)c1ccccc1F. The number of hydrogen-bond acceptors (Lipinski definition) is 1. The molecule has 0 unspecified atom stereocenters. The topological polar surface area (TPSA) is 29.1 Å². The summed E-state index contributed by atoms with van der Waals surface area (Å²) in [5, 5.41) is 1.64. The van der Waals surface area contributed by atoms with Gasteiger partial charge in [-0.15, -0.1) is 6.58 Å². The summed E-state index contributed by atoms with van der Waals surface area (Å²) in [4.78, 5) is 10.7. The summed E-state index contributed by atoms with van der Waals surface area (Å²) in [6.45, 7) is 3.26. The van der Waals surface area contributed by atoms with E-state index in [2.05, 4.69) is 6.58 Å². The third-order valence-electron chi connectivity index (χ3n) is 2.02. The van der Waals surface area contributed by atoms with Crippen LogP contribution in [0.15, 0.2) is 36.9 Å². The molecule has 2 nitrogen and oxygen atoms in total. The van der Waals surface area contributed by atoms with Crippen LogP contribution < -0.4 is 5.32 Å². The summed E-state index contributed by atoms with van der Waals surface area (Å²) in [5.41, 5.74) is -0.0694. The second-order valence-corrected chi connectivity index (χ2v) is 3.21. The first-order chi connectivity index (χ1) is 7.86. The summed E-state index contributed by atoms with van der Waals surface area (Å²) in [6, 6.07) is 3.99. The van der Waals surface area contributed by atoms with Gasteiger partial charge in [0.15, 0.2) is 0 Å². The third-order valence-corrected chi connectivity index (χ3v) is 2.02. The Balaban J connectivity index is 2.91. The van der Waals surface area contributed by atoms with Crippen molar-refractivity contribution < 1.29 is 22.4 Å². The van der Waals surface area contributed by atoms with Crippen molar-refractivity contribution in [1.29, 1.82) is 0 Å². The van der Waals surface area contributed by atoms with E-state index >= 15 is 0 Å². The lowest BCUT2D eigenvalue weighted by molar-refractivity contribution is -0.174. The summed E-state index contributed by atoms with van der Waals surface area (Å²) in [5.74, 6) is -2.84. The number of alkyl halides is 3. The van der Waals surface area contributed by atoms with Crippen LogP contribution >= 0.6 is 0 Å². The minimum absolute atomic E-state index is 0.0694. The summed E-state index contributed by atoms with van der Waals surface area (Å²) >= 11 is 0. The Kier molecular flexibility index (Phi) is 3.88. The molecule has 0 aromatic heterocycles. The number of benzene rings is 1. The molecule has 0 spiro atoms. The smallest absolute Gasteiger partial charge is 0.338 e. The number of hydrogen-bond donors (Lipinski definition) is 1. The zero-order valence-electron chi connectivity index (χ0n) is 8.59. The van der Waals surface area contributed by atoms with Gasteiger partial charge in [0.05, 0.1) is 6.04 Å². The Morgan fingerprint density at radius 2 is 1.94 bits per heavy atom. The van der Waals surface area contributed by atoms with Crippen molar-refractivity contribution in [1.82, 2.24) is 5.32 Å². The zero-order valence-corrected chi connectivity index (χ0v) is 8.59. The first kappa shape index (κ1) is 13.2. The van der Waals surface area contributed by atoms with Crippen molar-refractivity contribution in [2.75, 3.05) is 0 Å². The number of amides is 1. The summed E-state index contributed by atoms with van der Waals surface area (Å²) in [6.07, 6.45) is -3.98. The summed E-state index contributed by atoms with van der Waals surface area (Å²) in [7, 11) is 0. The molecule has 1 rings (SSSR count). The Morgan fingerprint density at radius 3 is 2.41 bits per heavy atom. The van der Waals surface area contributed by atoms with Gasteiger partial charge < -0.3 is 5.32 Å². The van der Waals surface area contributed by atoms with Gasteiger partial charge in [-0.2, -0.15) is 13.2 Å². The first-order valence-electron chi connectivity index (χ1n) is 4.61. The molecule has 0 saturated heterocycles. The number of nitrogens with one attached hydrogen (secondary N) is 1. The van der Waals surface area contributed by atoms with Gasteiger partial charge in [-0.05, 0) is 6.07 Å². The molecule has 0 radical (unpaired) electrons. The maximum atomic E-state index is 13.3.